The number of para-hydroxylation sites is 1. The maximum atomic E-state index is 12.6. The van der Waals surface area contributed by atoms with E-state index in [-0.39, 0.29) is 17.4 Å². The number of amides is 1. The maximum Gasteiger partial charge on any atom is 0.236 e. The van der Waals surface area contributed by atoms with Crippen molar-refractivity contribution in [1.82, 2.24) is 19.7 Å². The molecule has 34 heavy (non-hydrogen) atoms. The van der Waals surface area contributed by atoms with Gasteiger partial charge < -0.3 is 10.4 Å². The fourth-order valence-corrected chi connectivity index (χ4v) is 4.82. The molecule has 168 valence electrons. The van der Waals surface area contributed by atoms with Crippen molar-refractivity contribution in [1.29, 1.82) is 0 Å². The van der Waals surface area contributed by atoms with E-state index >= 15 is 0 Å². The first-order valence-electron chi connectivity index (χ1n) is 10.4. The van der Waals surface area contributed by atoms with Gasteiger partial charge in [-0.05, 0) is 36.4 Å². The summed E-state index contributed by atoms with van der Waals surface area (Å²) >= 11 is 2.69. The normalized spacial score (nSPS) is 10.8. The van der Waals surface area contributed by atoms with E-state index in [0.717, 1.165) is 22.5 Å². The zero-order chi connectivity index (χ0) is 23.3. The first kappa shape index (κ1) is 21.9. The summed E-state index contributed by atoms with van der Waals surface area (Å²) in [7, 11) is 0. The summed E-state index contributed by atoms with van der Waals surface area (Å²) < 4.78 is 1.90. The first-order chi connectivity index (χ1) is 16.7. The molecule has 0 saturated carbocycles. The highest BCUT2D eigenvalue weighted by Gasteiger charge is 2.18. The third kappa shape index (κ3) is 4.85. The molecule has 9 heteroatoms. The molecule has 0 bridgehead atoms. The Hall–Kier alpha value is -3.95. The smallest absolute Gasteiger partial charge is 0.236 e. The lowest BCUT2D eigenvalue weighted by atomic mass is 10.2. The highest BCUT2D eigenvalue weighted by Crippen LogP contribution is 2.29. The fraction of sp³-hybridized carbons (Fsp3) is 0.0400. The summed E-state index contributed by atoms with van der Waals surface area (Å²) in [5, 5.41) is 24.3. The van der Waals surface area contributed by atoms with Gasteiger partial charge in [0.2, 0.25) is 5.91 Å². The molecule has 0 unspecified atom stereocenters. The van der Waals surface area contributed by atoms with E-state index in [1.165, 1.54) is 23.1 Å². The van der Waals surface area contributed by atoms with E-state index in [4.69, 9.17) is 0 Å². The van der Waals surface area contributed by atoms with Crippen LogP contribution in [-0.4, -0.2) is 36.5 Å². The number of hydrogen-bond acceptors (Lipinski definition) is 7. The van der Waals surface area contributed by atoms with Crippen molar-refractivity contribution in [3.8, 4) is 34.1 Å². The van der Waals surface area contributed by atoms with Crippen LogP contribution in [0.1, 0.15) is 0 Å². The number of phenolic OH excluding ortho intramolecular Hbond substituents is 1. The highest BCUT2D eigenvalue weighted by molar-refractivity contribution is 7.99. The fourth-order valence-electron chi connectivity index (χ4n) is 3.33. The van der Waals surface area contributed by atoms with E-state index in [1.54, 1.807) is 24.3 Å². The quantitative estimate of drug-likeness (QED) is 0.296. The van der Waals surface area contributed by atoms with Crippen molar-refractivity contribution in [3.63, 3.8) is 0 Å². The van der Waals surface area contributed by atoms with Gasteiger partial charge in [-0.2, -0.15) is 0 Å². The summed E-state index contributed by atoms with van der Waals surface area (Å²) in [6.07, 6.45) is 0. The van der Waals surface area contributed by atoms with Crippen LogP contribution in [0.25, 0.3) is 28.3 Å². The van der Waals surface area contributed by atoms with Crippen LogP contribution in [0.2, 0.25) is 0 Å². The Balaban J connectivity index is 1.33. The number of aromatic hydroxyl groups is 1. The summed E-state index contributed by atoms with van der Waals surface area (Å²) in [5.41, 5.74) is 3.52. The highest BCUT2D eigenvalue weighted by atomic mass is 32.2. The number of aromatic nitrogens is 4. The van der Waals surface area contributed by atoms with Crippen molar-refractivity contribution >= 4 is 34.1 Å². The second-order valence-corrected chi connectivity index (χ2v) is 9.07. The number of hydrogen-bond donors (Lipinski definition) is 2. The molecule has 3 aromatic carbocycles. The molecular formula is C25H19N5O2S2. The summed E-state index contributed by atoms with van der Waals surface area (Å²) in [6.45, 7) is 0. The molecule has 0 radical (unpaired) electrons. The molecular weight excluding hydrogens is 466 g/mol. The summed E-state index contributed by atoms with van der Waals surface area (Å²) in [5.74, 6) is 0.786. The van der Waals surface area contributed by atoms with E-state index in [9.17, 15) is 9.90 Å². The molecule has 0 aliphatic heterocycles. The number of carbonyl (C=O) groups excluding carboxylic acids is 1. The number of nitrogens with one attached hydrogen (secondary N) is 1. The minimum absolute atomic E-state index is 0.154. The van der Waals surface area contributed by atoms with Crippen LogP contribution >= 0.6 is 23.1 Å². The van der Waals surface area contributed by atoms with Crippen molar-refractivity contribution < 1.29 is 9.90 Å². The minimum atomic E-state index is -0.173. The number of thiazole rings is 1. The molecule has 7 nitrogen and oxygen atoms in total. The number of phenols is 1. The zero-order valence-corrected chi connectivity index (χ0v) is 19.5. The topological polar surface area (TPSA) is 92.9 Å². The minimum Gasteiger partial charge on any atom is -0.508 e. The van der Waals surface area contributed by atoms with Crippen LogP contribution in [0.5, 0.6) is 5.75 Å². The third-order valence-electron chi connectivity index (χ3n) is 4.93. The molecule has 2 N–H and O–H groups in total. The van der Waals surface area contributed by atoms with Crippen LogP contribution in [0, 0.1) is 0 Å². The summed E-state index contributed by atoms with van der Waals surface area (Å²) in [4.78, 5) is 17.2. The van der Waals surface area contributed by atoms with Gasteiger partial charge in [0.05, 0.1) is 11.4 Å². The lowest BCUT2D eigenvalue weighted by Gasteiger charge is -2.10. The van der Waals surface area contributed by atoms with Crippen LogP contribution in [-0.2, 0) is 4.79 Å². The van der Waals surface area contributed by atoms with Crippen LogP contribution in [0.3, 0.4) is 0 Å². The first-order valence-corrected chi connectivity index (χ1v) is 12.3. The number of benzene rings is 3. The van der Waals surface area contributed by atoms with Crippen molar-refractivity contribution in [3.05, 3.63) is 90.3 Å². The molecule has 1 amide bonds. The largest absolute Gasteiger partial charge is 0.508 e. The van der Waals surface area contributed by atoms with E-state index in [1.807, 2.05) is 70.6 Å². The van der Waals surface area contributed by atoms with E-state index in [0.29, 0.717) is 16.1 Å². The molecule has 5 aromatic rings. The van der Waals surface area contributed by atoms with Gasteiger partial charge >= 0.3 is 0 Å². The summed E-state index contributed by atoms with van der Waals surface area (Å²) in [6, 6.07) is 26.3. The van der Waals surface area contributed by atoms with Gasteiger partial charge in [0.15, 0.2) is 16.1 Å². The van der Waals surface area contributed by atoms with Gasteiger partial charge in [0, 0.05) is 22.2 Å². The molecule has 2 heterocycles. The van der Waals surface area contributed by atoms with Crippen molar-refractivity contribution in [2.45, 2.75) is 5.16 Å². The molecule has 0 saturated heterocycles. The van der Waals surface area contributed by atoms with Crippen molar-refractivity contribution in [2.24, 2.45) is 0 Å². The standard InChI is InChI=1S/C25H19N5O2S2/c31-20-13-11-18(12-14-20)23-28-29-25(30(23)19-9-5-2-6-10-19)34-16-22(32)27-24-26-21(15-33-24)17-7-3-1-4-8-17/h1-15,31H,16H2,(H,26,27,32). The SMILES string of the molecule is O=C(CSc1nnc(-c2ccc(O)cc2)n1-c1ccccc1)Nc1nc(-c2ccccc2)cs1. The van der Waals surface area contributed by atoms with Gasteiger partial charge in [-0.15, -0.1) is 21.5 Å². The molecule has 5 rings (SSSR count). The van der Waals surface area contributed by atoms with Crippen LogP contribution in [0.15, 0.2) is 95.5 Å². The number of anilines is 1. The maximum absolute atomic E-state index is 12.6. The Morgan fingerprint density at radius 3 is 2.35 bits per heavy atom. The number of rotatable bonds is 7. The Morgan fingerprint density at radius 1 is 0.912 bits per heavy atom. The van der Waals surface area contributed by atoms with Crippen molar-refractivity contribution in [2.75, 3.05) is 11.1 Å². The number of thioether (sulfide) groups is 1. The average Bonchev–Trinajstić information content (AvgIpc) is 3.52. The van der Waals surface area contributed by atoms with Gasteiger partial charge in [-0.3, -0.25) is 9.36 Å². The van der Waals surface area contributed by atoms with E-state index in [2.05, 4.69) is 20.5 Å². The van der Waals surface area contributed by atoms with Crippen LogP contribution in [0.4, 0.5) is 5.13 Å². The molecule has 0 fully saturated rings. The zero-order valence-electron chi connectivity index (χ0n) is 17.8. The Bertz CT molecular complexity index is 1400. The van der Waals surface area contributed by atoms with Gasteiger partial charge in [0.1, 0.15) is 5.75 Å². The van der Waals surface area contributed by atoms with Gasteiger partial charge in [0.25, 0.3) is 0 Å². The predicted molar refractivity (Wildman–Crippen MR) is 135 cm³/mol. The molecule has 0 atom stereocenters. The molecule has 0 spiro atoms. The molecule has 0 aliphatic carbocycles. The molecule has 2 aromatic heterocycles. The predicted octanol–water partition coefficient (Wildman–Crippen LogP) is 5.49. The Labute approximate surface area is 204 Å². The van der Waals surface area contributed by atoms with Gasteiger partial charge in [-0.25, -0.2) is 4.98 Å². The second kappa shape index (κ2) is 9.90. The second-order valence-electron chi connectivity index (χ2n) is 7.26. The lowest BCUT2D eigenvalue weighted by molar-refractivity contribution is -0.113. The Morgan fingerprint density at radius 2 is 1.62 bits per heavy atom. The monoisotopic (exact) mass is 485 g/mol. The average molecular weight is 486 g/mol. The Kier molecular flexibility index (Phi) is 6.37. The lowest BCUT2D eigenvalue weighted by Crippen LogP contribution is -2.14. The van der Waals surface area contributed by atoms with E-state index < -0.39 is 0 Å². The number of nitrogens with zero attached hydrogens (tertiary/aromatic N) is 4. The third-order valence-corrected chi connectivity index (χ3v) is 6.61. The number of carbonyl (C=O) groups is 1. The van der Waals surface area contributed by atoms with Gasteiger partial charge in [-0.1, -0.05) is 60.3 Å². The van der Waals surface area contributed by atoms with Crippen LogP contribution < -0.4 is 5.32 Å². The molecule has 0 aliphatic rings.